The molecule has 0 radical (unpaired) electrons. The lowest BCUT2D eigenvalue weighted by molar-refractivity contribution is -0.0166. The molecule has 0 spiro atoms. The molecule has 3 rings (SSSR count). The van der Waals surface area contributed by atoms with Crippen LogP contribution in [0.1, 0.15) is 31.3 Å². The van der Waals surface area contributed by atoms with Gasteiger partial charge in [-0.1, -0.05) is 0 Å². The zero-order valence-corrected chi connectivity index (χ0v) is 17.3. The van der Waals surface area contributed by atoms with Crippen LogP contribution in [0.25, 0.3) is 0 Å². The lowest BCUT2D eigenvalue weighted by Gasteiger charge is -2.38. The number of carbonyl (C=O) groups is 1. The molecule has 0 saturated carbocycles. The average Bonchev–Trinajstić information content (AvgIpc) is 3.26. The minimum absolute atomic E-state index is 0.0403. The number of morpholine rings is 1. The van der Waals surface area contributed by atoms with Gasteiger partial charge < -0.3 is 24.3 Å². The van der Waals surface area contributed by atoms with Crippen molar-refractivity contribution in [2.75, 3.05) is 59.0 Å². The Kier molecular flexibility index (Phi) is 7.33. The van der Waals surface area contributed by atoms with E-state index in [9.17, 15) is 4.79 Å². The molecule has 2 saturated heterocycles. The Morgan fingerprint density at radius 3 is 2.68 bits per heavy atom. The molecule has 0 aromatic carbocycles. The number of nitrogens with one attached hydrogen (secondary N) is 1. The van der Waals surface area contributed by atoms with E-state index < -0.39 is 0 Å². The summed E-state index contributed by atoms with van der Waals surface area (Å²) in [4.78, 5) is 23.9. The molecular weight excluding hydrogens is 358 g/mol. The highest BCUT2D eigenvalue weighted by molar-refractivity contribution is 5.91. The van der Waals surface area contributed by atoms with Gasteiger partial charge in [0.05, 0.1) is 26.0 Å². The summed E-state index contributed by atoms with van der Waals surface area (Å²) in [5, 5.41) is 3.40. The highest BCUT2D eigenvalue weighted by Crippen LogP contribution is 2.12. The number of hydrogen-bond donors (Lipinski definition) is 1. The summed E-state index contributed by atoms with van der Waals surface area (Å²) in [5.41, 5.74) is 0. The van der Waals surface area contributed by atoms with Crippen LogP contribution in [-0.4, -0.2) is 97.7 Å². The molecule has 0 bridgehead atoms. The first-order chi connectivity index (χ1) is 13.6. The predicted molar refractivity (Wildman–Crippen MR) is 109 cm³/mol. The van der Waals surface area contributed by atoms with Gasteiger partial charge in [-0.05, 0) is 32.9 Å². The van der Waals surface area contributed by atoms with Crippen LogP contribution in [0.15, 0.2) is 27.8 Å². The second-order valence-electron chi connectivity index (χ2n) is 7.46. The average molecular weight is 392 g/mol. The molecule has 2 fully saturated rings. The van der Waals surface area contributed by atoms with Crippen molar-refractivity contribution < 1.29 is 13.9 Å². The first-order valence-corrected chi connectivity index (χ1v) is 10.3. The number of guanidine groups is 1. The molecule has 0 aliphatic carbocycles. The van der Waals surface area contributed by atoms with Crippen molar-refractivity contribution in [1.29, 1.82) is 0 Å². The first kappa shape index (κ1) is 20.7. The highest BCUT2D eigenvalue weighted by Gasteiger charge is 2.26. The lowest BCUT2D eigenvalue weighted by atomic mass is 10.2. The summed E-state index contributed by atoms with van der Waals surface area (Å²) in [6.07, 6.45) is 1.54. The molecule has 156 valence electrons. The number of amides is 1. The minimum atomic E-state index is -0.0403. The standard InChI is InChI=1S/C20H33N5O3/c1-4-21-20(22-14-16(2)25-11-13-27-15-17(25)3)24-9-7-23(8-10-24)19(26)18-6-5-12-28-18/h5-6,12,16-17H,4,7-11,13-15H2,1-3H3,(H,21,22). The third-order valence-corrected chi connectivity index (χ3v) is 5.42. The van der Waals surface area contributed by atoms with Gasteiger partial charge in [0, 0.05) is 51.4 Å². The van der Waals surface area contributed by atoms with Gasteiger partial charge in [0.25, 0.3) is 5.91 Å². The number of ether oxygens (including phenoxy) is 1. The third-order valence-electron chi connectivity index (χ3n) is 5.42. The number of carbonyl (C=O) groups excluding carboxylic acids is 1. The smallest absolute Gasteiger partial charge is 0.289 e. The van der Waals surface area contributed by atoms with Crippen LogP contribution in [-0.2, 0) is 4.74 Å². The first-order valence-electron chi connectivity index (χ1n) is 10.3. The van der Waals surface area contributed by atoms with Gasteiger partial charge in [-0.25, -0.2) is 0 Å². The zero-order chi connectivity index (χ0) is 19.9. The van der Waals surface area contributed by atoms with Crippen LogP contribution in [0.2, 0.25) is 0 Å². The maximum absolute atomic E-state index is 12.4. The third kappa shape index (κ3) is 5.05. The molecular formula is C20H33N5O3. The molecule has 2 unspecified atom stereocenters. The van der Waals surface area contributed by atoms with Crippen LogP contribution in [0.5, 0.6) is 0 Å². The number of hydrogen-bond acceptors (Lipinski definition) is 5. The molecule has 1 aromatic heterocycles. The fourth-order valence-corrected chi connectivity index (χ4v) is 3.82. The number of rotatable bonds is 5. The van der Waals surface area contributed by atoms with Crippen molar-refractivity contribution in [3.8, 4) is 0 Å². The Hall–Kier alpha value is -2.06. The second-order valence-corrected chi connectivity index (χ2v) is 7.46. The van der Waals surface area contributed by atoms with Crippen molar-refractivity contribution in [2.24, 2.45) is 4.99 Å². The molecule has 1 amide bonds. The molecule has 2 aliphatic rings. The van der Waals surface area contributed by atoms with Crippen LogP contribution in [0.3, 0.4) is 0 Å². The van der Waals surface area contributed by atoms with Gasteiger partial charge in [0.15, 0.2) is 11.7 Å². The van der Waals surface area contributed by atoms with E-state index >= 15 is 0 Å². The van der Waals surface area contributed by atoms with Gasteiger partial charge in [-0.3, -0.25) is 14.7 Å². The molecule has 28 heavy (non-hydrogen) atoms. The number of aliphatic imine (C=N–C) groups is 1. The monoisotopic (exact) mass is 391 g/mol. The zero-order valence-electron chi connectivity index (χ0n) is 17.3. The summed E-state index contributed by atoms with van der Waals surface area (Å²) in [6.45, 7) is 13.5. The maximum Gasteiger partial charge on any atom is 0.289 e. The van der Waals surface area contributed by atoms with Crippen LogP contribution in [0.4, 0.5) is 0 Å². The van der Waals surface area contributed by atoms with Gasteiger partial charge in [0.1, 0.15) is 0 Å². The van der Waals surface area contributed by atoms with Crippen molar-refractivity contribution in [3.05, 3.63) is 24.2 Å². The summed E-state index contributed by atoms with van der Waals surface area (Å²) in [6, 6.07) is 4.26. The van der Waals surface area contributed by atoms with E-state index in [-0.39, 0.29) is 5.91 Å². The minimum Gasteiger partial charge on any atom is -0.459 e. The Morgan fingerprint density at radius 1 is 1.29 bits per heavy atom. The number of piperazine rings is 1. The van der Waals surface area contributed by atoms with Gasteiger partial charge >= 0.3 is 0 Å². The van der Waals surface area contributed by atoms with E-state index in [1.54, 1.807) is 12.1 Å². The van der Waals surface area contributed by atoms with Crippen LogP contribution < -0.4 is 5.32 Å². The molecule has 1 aromatic rings. The molecule has 2 atom stereocenters. The molecule has 3 heterocycles. The highest BCUT2D eigenvalue weighted by atomic mass is 16.5. The fraction of sp³-hybridized carbons (Fsp3) is 0.700. The van der Waals surface area contributed by atoms with Crippen molar-refractivity contribution in [2.45, 2.75) is 32.9 Å². The topological polar surface area (TPSA) is 73.6 Å². The molecule has 8 nitrogen and oxygen atoms in total. The van der Waals surface area contributed by atoms with Crippen molar-refractivity contribution >= 4 is 11.9 Å². The van der Waals surface area contributed by atoms with E-state index in [2.05, 4.69) is 35.9 Å². The molecule has 8 heteroatoms. The summed E-state index contributed by atoms with van der Waals surface area (Å²) in [7, 11) is 0. The van der Waals surface area contributed by atoms with E-state index in [1.165, 1.54) is 6.26 Å². The van der Waals surface area contributed by atoms with Crippen LogP contribution >= 0.6 is 0 Å². The van der Waals surface area contributed by atoms with Gasteiger partial charge in [-0.2, -0.15) is 0 Å². The van der Waals surface area contributed by atoms with Crippen LogP contribution in [0, 0.1) is 0 Å². The number of furan rings is 1. The van der Waals surface area contributed by atoms with E-state index in [1.807, 2.05) is 4.90 Å². The van der Waals surface area contributed by atoms with Crippen molar-refractivity contribution in [3.63, 3.8) is 0 Å². The van der Waals surface area contributed by atoms with Gasteiger partial charge in [0.2, 0.25) is 0 Å². The SMILES string of the molecule is CCNC(=NCC(C)N1CCOCC1C)N1CCN(C(=O)c2ccco2)CC1. The summed E-state index contributed by atoms with van der Waals surface area (Å²) in [5.74, 6) is 1.30. The Balaban J connectivity index is 1.55. The van der Waals surface area contributed by atoms with Crippen molar-refractivity contribution in [1.82, 2.24) is 20.0 Å². The normalized spacial score (nSPS) is 23.0. The van der Waals surface area contributed by atoms with E-state index in [0.717, 1.165) is 51.9 Å². The Bertz CT molecular complexity index is 640. The quantitative estimate of drug-likeness (QED) is 0.599. The fourth-order valence-electron chi connectivity index (χ4n) is 3.82. The summed E-state index contributed by atoms with van der Waals surface area (Å²) >= 11 is 0. The van der Waals surface area contributed by atoms with Gasteiger partial charge in [-0.15, -0.1) is 0 Å². The Morgan fingerprint density at radius 2 is 2.04 bits per heavy atom. The molecule has 2 aliphatic heterocycles. The lowest BCUT2D eigenvalue weighted by Crippen LogP contribution is -2.54. The largest absolute Gasteiger partial charge is 0.459 e. The molecule has 1 N–H and O–H groups in total. The van der Waals surface area contributed by atoms with E-state index in [0.29, 0.717) is 30.9 Å². The maximum atomic E-state index is 12.4. The second kappa shape index (κ2) is 9.93. The van der Waals surface area contributed by atoms with E-state index in [4.69, 9.17) is 14.1 Å². The predicted octanol–water partition coefficient (Wildman–Crippen LogP) is 1.11. The number of nitrogens with zero attached hydrogens (tertiary/aromatic N) is 4. The Labute approximate surface area is 167 Å². The summed E-state index contributed by atoms with van der Waals surface area (Å²) < 4.78 is 10.8.